The number of fused-ring (bicyclic) bond motifs is 1. The van der Waals surface area contributed by atoms with Gasteiger partial charge in [-0.3, -0.25) is 14.0 Å². The lowest BCUT2D eigenvalue weighted by Gasteiger charge is -2.06. The normalized spacial score (nSPS) is 11.4. The summed E-state index contributed by atoms with van der Waals surface area (Å²) in [5.41, 5.74) is 2.92. The smallest absolute Gasteiger partial charge is 0.263 e. The van der Waals surface area contributed by atoms with Gasteiger partial charge in [0.25, 0.3) is 5.56 Å². The number of thiophene rings is 1. The molecule has 0 bridgehead atoms. The molecule has 0 fully saturated rings. The van der Waals surface area contributed by atoms with Crippen LogP contribution in [0.5, 0.6) is 0 Å². The summed E-state index contributed by atoms with van der Waals surface area (Å²) in [6.07, 6.45) is 1.92. The van der Waals surface area contributed by atoms with Gasteiger partial charge in [0.1, 0.15) is 4.83 Å². The van der Waals surface area contributed by atoms with Crippen molar-refractivity contribution in [2.45, 2.75) is 27.3 Å². The topological polar surface area (TPSA) is 55.6 Å². The van der Waals surface area contributed by atoms with Gasteiger partial charge in [0.05, 0.1) is 17.6 Å². The molecule has 3 heterocycles. The molecular weight excluding hydrogens is 304 g/mol. The lowest BCUT2D eigenvalue weighted by Crippen LogP contribution is -2.22. The highest BCUT2D eigenvalue weighted by Gasteiger charge is 2.14. The first-order valence-electron chi connectivity index (χ1n) is 6.60. The standard InChI is InChI=1S/C14H16N4OS2/c1-7-9(3)21-12-11(7)13(19)18(14(20)15-12)6-10-5-17(4)16-8(10)2/h5H,6H2,1-4H3,(H,15,20). The molecule has 0 spiro atoms. The van der Waals surface area contributed by atoms with E-state index in [0.29, 0.717) is 11.3 Å². The molecule has 0 aromatic carbocycles. The second-order valence-corrected chi connectivity index (χ2v) is 6.83. The minimum absolute atomic E-state index is 0.0288. The zero-order chi connectivity index (χ0) is 15.3. The van der Waals surface area contributed by atoms with Crippen molar-refractivity contribution in [3.8, 4) is 0 Å². The maximum absolute atomic E-state index is 12.8. The number of hydrogen-bond acceptors (Lipinski definition) is 4. The van der Waals surface area contributed by atoms with Crippen LogP contribution in [0, 0.1) is 25.5 Å². The fourth-order valence-electron chi connectivity index (χ4n) is 2.48. The molecule has 3 rings (SSSR count). The molecule has 0 saturated carbocycles. The van der Waals surface area contributed by atoms with Gasteiger partial charge < -0.3 is 4.98 Å². The van der Waals surface area contributed by atoms with E-state index >= 15 is 0 Å². The van der Waals surface area contributed by atoms with E-state index in [1.165, 1.54) is 0 Å². The first-order valence-corrected chi connectivity index (χ1v) is 7.83. The number of aromatic nitrogens is 4. The summed E-state index contributed by atoms with van der Waals surface area (Å²) in [7, 11) is 1.87. The Hall–Kier alpha value is -1.73. The van der Waals surface area contributed by atoms with E-state index in [2.05, 4.69) is 10.1 Å². The van der Waals surface area contributed by atoms with Gasteiger partial charge in [-0.1, -0.05) is 0 Å². The highest BCUT2D eigenvalue weighted by Crippen LogP contribution is 2.25. The third-order valence-electron chi connectivity index (χ3n) is 3.75. The summed E-state index contributed by atoms with van der Waals surface area (Å²) in [6.45, 7) is 6.38. The highest BCUT2D eigenvalue weighted by molar-refractivity contribution is 7.71. The molecule has 7 heteroatoms. The molecular formula is C14H16N4OS2. The van der Waals surface area contributed by atoms with Gasteiger partial charge in [-0.25, -0.2) is 0 Å². The van der Waals surface area contributed by atoms with E-state index in [9.17, 15) is 4.79 Å². The van der Waals surface area contributed by atoms with Gasteiger partial charge in [0, 0.05) is 23.7 Å². The first kappa shape index (κ1) is 14.2. The molecule has 0 unspecified atom stereocenters. The zero-order valence-corrected chi connectivity index (χ0v) is 14.0. The monoisotopic (exact) mass is 320 g/mol. The molecule has 0 aliphatic carbocycles. The van der Waals surface area contributed by atoms with Crippen molar-refractivity contribution in [1.82, 2.24) is 19.3 Å². The van der Waals surface area contributed by atoms with Crippen molar-refractivity contribution in [3.63, 3.8) is 0 Å². The van der Waals surface area contributed by atoms with Crippen LogP contribution in [0.3, 0.4) is 0 Å². The summed E-state index contributed by atoms with van der Waals surface area (Å²) in [4.78, 5) is 17.9. The fourth-order valence-corrected chi connectivity index (χ4v) is 3.85. The van der Waals surface area contributed by atoms with E-state index in [1.54, 1.807) is 20.6 Å². The molecule has 21 heavy (non-hydrogen) atoms. The van der Waals surface area contributed by atoms with Crippen molar-refractivity contribution in [2.75, 3.05) is 0 Å². The summed E-state index contributed by atoms with van der Waals surface area (Å²) in [5, 5.41) is 5.05. The van der Waals surface area contributed by atoms with Crippen molar-refractivity contribution < 1.29 is 0 Å². The Kier molecular flexibility index (Phi) is 3.33. The number of rotatable bonds is 2. The van der Waals surface area contributed by atoms with E-state index in [1.807, 2.05) is 34.0 Å². The van der Waals surface area contributed by atoms with Gasteiger partial charge in [0.2, 0.25) is 0 Å². The third-order valence-corrected chi connectivity index (χ3v) is 5.20. The van der Waals surface area contributed by atoms with Gasteiger partial charge in [-0.2, -0.15) is 5.10 Å². The fraction of sp³-hybridized carbons (Fsp3) is 0.357. The number of hydrogen-bond donors (Lipinski definition) is 1. The predicted molar refractivity (Wildman–Crippen MR) is 87.8 cm³/mol. The largest absolute Gasteiger partial charge is 0.323 e. The minimum atomic E-state index is -0.0288. The summed E-state index contributed by atoms with van der Waals surface area (Å²) in [6, 6.07) is 0. The van der Waals surface area contributed by atoms with E-state index in [4.69, 9.17) is 12.2 Å². The maximum Gasteiger partial charge on any atom is 0.263 e. The van der Waals surface area contributed by atoms with Gasteiger partial charge in [-0.15, -0.1) is 11.3 Å². The quantitative estimate of drug-likeness (QED) is 0.739. The van der Waals surface area contributed by atoms with Gasteiger partial charge in [-0.05, 0) is 38.6 Å². The van der Waals surface area contributed by atoms with Crippen LogP contribution in [-0.4, -0.2) is 19.3 Å². The number of nitrogens with one attached hydrogen (secondary N) is 1. The second-order valence-electron chi connectivity index (χ2n) is 5.22. The molecule has 0 atom stereocenters. The number of aryl methyl sites for hydroxylation is 4. The van der Waals surface area contributed by atoms with Crippen LogP contribution in [0.1, 0.15) is 21.7 Å². The molecule has 0 aliphatic heterocycles. The molecule has 0 amide bonds. The van der Waals surface area contributed by atoms with Crippen molar-refractivity contribution in [3.05, 3.63) is 43.0 Å². The molecule has 0 radical (unpaired) electrons. The third kappa shape index (κ3) is 2.26. The van der Waals surface area contributed by atoms with Crippen LogP contribution in [0.4, 0.5) is 0 Å². The number of nitrogens with zero attached hydrogens (tertiary/aromatic N) is 3. The van der Waals surface area contributed by atoms with Crippen LogP contribution < -0.4 is 5.56 Å². The zero-order valence-electron chi connectivity index (χ0n) is 12.4. The van der Waals surface area contributed by atoms with Crippen LogP contribution in [-0.2, 0) is 13.6 Å². The average Bonchev–Trinajstić information content (AvgIpc) is 2.85. The maximum atomic E-state index is 12.8. The first-order chi connectivity index (χ1) is 9.88. The molecule has 0 aliphatic rings. The number of H-pyrrole nitrogens is 1. The Morgan fingerprint density at radius 2 is 2.10 bits per heavy atom. The average molecular weight is 320 g/mol. The summed E-state index contributed by atoms with van der Waals surface area (Å²) >= 11 is 6.93. The molecule has 110 valence electrons. The van der Waals surface area contributed by atoms with Gasteiger partial charge >= 0.3 is 0 Å². The highest BCUT2D eigenvalue weighted by atomic mass is 32.1. The lowest BCUT2D eigenvalue weighted by molar-refractivity contribution is 0.730. The minimum Gasteiger partial charge on any atom is -0.323 e. The van der Waals surface area contributed by atoms with Crippen LogP contribution in [0.15, 0.2) is 11.0 Å². The molecule has 1 N–H and O–H groups in total. The molecule has 3 aromatic heterocycles. The van der Waals surface area contributed by atoms with Crippen LogP contribution in [0.2, 0.25) is 0 Å². The van der Waals surface area contributed by atoms with Crippen molar-refractivity contribution >= 4 is 33.8 Å². The predicted octanol–water partition coefficient (Wildman–Crippen LogP) is 2.83. The summed E-state index contributed by atoms with van der Waals surface area (Å²) in [5.74, 6) is 0. The van der Waals surface area contributed by atoms with E-state index in [0.717, 1.165) is 31.9 Å². The second kappa shape index (κ2) is 4.92. The van der Waals surface area contributed by atoms with Crippen molar-refractivity contribution in [1.29, 1.82) is 0 Å². The molecule has 3 aromatic rings. The Labute approximate surface area is 130 Å². The Bertz CT molecular complexity index is 958. The lowest BCUT2D eigenvalue weighted by atomic mass is 10.2. The molecule has 5 nitrogen and oxygen atoms in total. The Morgan fingerprint density at radius 3 is 2.71 bits per heavy atom. The molecule has 0 saturated heterocycles. The van der Waals surface area contributed by atoms with Crippen molar-refractivity contribution in [2.24, 2.45) is 7.05 Å². The van der Waals surface area contributed by atoms with Crippen LogP contribution in [0.25, 0.3) is 10.2 Å². The Morgan fingerprint density at radius 1 is 1.38 bits per heavy atom. The SMILES string of the molecule is Cc1nn(C)cc1Cn1c(=S)[nH]c2sc(C)c(C)c2c1=O. The van der Waals surface area contributed by atoms with Gasteiger partial charge in [0.15, 0.2) is 4.77 Å². The Balaban J connectivity index is 2.23. The number of aromatic amines is 1. The summed E-state index contributed by atoms with van der Waals surface area (Å²) < 4.78 is 3.82. The van der Waals surface area contributed by atoms with E-state index in [-0.39, 0.29) is 5.56 Å². The van der Waals surface area contributed by atoms with Crippen LogP contribution >= 0.6 is 23.6 Å². The van der Waals surface area contributed by atoms with E-state index < -0.39 is 0 Å².